The fourth-order valence-electron chi connectivity index (χ4n) is 2.81. The number of nitro groups is 1. The Labute approximate surface area is 142 Å². The molecule has 3 heterocycles. The van der Waals surface area contributed by atoms with Gasteiger partial charge in [0, 0.05) is 31.0 Å². The molecular formula is C16H15N5O2S. The monoisotopic (exact) mass is 341 g/mol. The molecule has 0 aliphatic carbocycles. The highest BCUT2D eigenvalue weighted by Gasteiger charge is 2.17. The van der Waals surface area contributed by atoms with Gasteiger partial charge in [-0.2, -0.15) is 0 Å². The smallest absolute Gasteiger partial charge is 0.311 e. The number of nitrogens with one attached hydrogen (secondary N) is 1. The van der Waals surface area contributed by atoms with Crippen LogP contribution in [0.2, 0.25) is 0 Å². The van der Waals surface area contributed by atoms with Gasteiger partial charge in [0.15, 0.2) is 5.13 Å². The third-order valence-electron chi connectivity index (χ3n) is 4.00. The zero-order valence-corrected chi connectivity index (χ0v) is 13.6. The van der Waals surface area contributed by atoms with Crippen LogP contribution < -0.4 is 10.2 Å². The maximum Gasteiger partial charge on any atom is 0.311 e. The fourth-order valence-corrected chi connectivity index (χ4v) is 3.87. The molecule has 1 fully saturated rings. The summed E-state index contributed by atoms with van der Waals surface area (Å²) >= 11 is 1.65. The first-order valence-electron chi connectivity index (χ1n) is 7.73. The third kappa shape index (κ3) is 2.76. The lowest BCUT2D eigenvalue weighted by atomic mass is 10.3. The molecule has 0 atom stereocenters. The third-order valence-corrected chi connectivity index (χ3v) is 5.08. The van der Waals surface area contributed by atoms with E-state index in [2.05, 4.69) is 20.2 Å². The number of rotatable bonds is 4. The Morgan fingerprint density at radius 1 is 1.25 bits per heavy atom. The van der Waals surface area contributed by atoms with E-state index in [0.29, 0.717) is 0 Å². The van der Waals surface area contributed by atoms with Crippen LogP contribution in [-0.4, -0.2) is 28.0 Å². The summed E-state index contributed by atoms with van der Waals surface area (Å²) < 4.78 is 1.06. The van der Waals surface area contributed by atoms with Crippen LogP contribution in [-0.2, 0) is 0 Å². The van der Waals surface area contributed by atoms with E-state index in [4.69, 9.17) is 0 Å². The Bertz CT molecular complexity index is 904. The number of nitrogens with zero attached hydrogens (tertiary/aromatic N) is 4. The van der Waals surface area contributed by atoms with Crippen molar-refractivity contribution in [3.8, 4) is 0 Å². The van der Waals surface area contributed by atoms with Crippen LogP contribution in [0.15, 0.2) is 36.5 Å². The van der Waals surface area contributed by atoms with Crippen LogP contribution >= 0.6 is 11.3 Å². The largest absolute Gasteiger partial charge is 0.348 e. The number of benzene rings is 1. The summed E-state index contributed by atoms with van der Waals surface area (Å²) in [5.41, 5.74) is 1.67. The lowest BCUT2D eigenvalue weighted by molar-refractivity contribution is -0.384. The summed E-state index contributed by atoms with van der Waals surface area (Å²) in [6.45, 7) is 2.12. The molecule has 24 heavy (non-hydrogen) atoms. The molecule has 0 radical (unpaired) electrons. The molecule has 0 amide bonds. The standard InChI is InChI=1S/C16H15N5O2S/c22-21(23)13-4-3-7-17-15(13)18-11-5-6-12-14(10-11)24-16(19-12)20-8-1-2-9-20/h3-7,10H,1-2,8-9H2,(H,17,18). The van der Waals surface area contributed by atoms with Gasteiger partial charge in [0.2, 0.25) is 5.82 Å². The van der Waals surface area contributed by atoms with Crippen molar-refractivity contribution >= 4 is 43.9 Å². The molecule has 122 valence electrons. The Kier molecular flexibility index (Phi) is 3.73. The van der Waals surface area contributed by atoms with Gasteiger partial charge in [0.05, 0.1) is 15.1 Å². The zero-order chi connectivity index (χ0) is 16.5. The molecule has 7 nitrogen and oxygen atoms in total. The molecule has 1 aliphatic rings. The minimum Gasteiger partial charge on any atom is -0.348 e. The van der Waals surface area contributed by atoms with Crippen molar-refractivity contribution in [2.75, 3.05) is 23.3 Å². The highest BCUT2D eigenvalue weighted by molar-refractivity contribution is 7.22. The second-order valence-corrected chi connectivity index (χ2v) is 6.64. The van der Waals surface area contributed by atoms with Gasteiger partial charge >= 0.3 is 5.69 Å². The van der Waals surface area contributed by atoms with Crippen LogP contribution in [0.4, 0.5) is 22.3 Å². The van der Waals surface area contributed by atoms with E-state index in [1.54, 1.807) is 17.4 Å². The van der Waals surface area contributed by atoms with E-state index < -0.39 is 4.92 Å². The van der Waals surface area contributed by atoms with Crippen molar-refractivity contribution in [2.45, 2.75) is 12.8 Å². The minimum absolute atomic E-state index is 0.0420. The molecule has 1 aromatic carbocycles. The van der Waals surface area contributed by atoms with Gasteiger partial charge in [0.25, 0.3) is 0 Å². The lowest BCUT2D eigenvalue weighted by Crippen LogP contribution is -2.16. The Morgan fingerprint density at radius 2 is 2.08 bits per heavy atom. The molecule has 8 heteroatoms. The van der Waals surface area contributed by atoms with Gasteiger partial charge in [-0.3, -0.25) is 10.1 Å². The molecule has 1 aliphatic heterocycles. The van der Waals surface area contributed by atoms with Crippen LogP contribution in [0, 0.1) is 10.1 Å². The van der Waals surface area contributed by atoms with Crippen molar-refractivity contribution in [1.82, 2.24) is 9.97 Å². The number of thiazole rings is 1. The quantitative estimate of drug-likeness (QED) is 0.571. The van der Waals surface area contributed by atoms with Crippen LogP contribution in [0.1, 0.15) is 12.8 Å². The van der Waals surface area contributed by atoms with Crippen molar-refractivity contribution in [3.05, 3.63) is 46.6 Å². The number of hydrogen-bond donors (Lipinski definition) is 1. The maximum atomic E-state index is 11.1. The Hall–Kier alpha value is -2.74. The molecule has 1 N–H and O–H groups in total. The summed E-state index contributed by atoms with van der Waals surface area (Å²) in [7, 11) is 0. The molecule has 1 saturated heterocycles. The molecule has 2 aromatic heterocycles. The lowest BCUT2D eigenvalue weighted by Gasteiger charge is -2.11. The molecular weight excluding hydrogens is 326 g/mol. The molecule has 3 aromatic rings. The SMILES string of the molecule is O=[N+]([O-])c1cccnc1Nc1ccc2nc(N3CCCC3)sc2c1. The fraction of sp³-hybridized carbons (Fsp3) is 0.250. The van der Waals surface area contributed by atoms with E-state index in [1.807, 2.05) is 18.2 Å². The summed E-state index contributed by atoms with van der Waals surface area (Å²) in [5, 5.41) is 15.2. The molecule has 0 saturated carbocycles. The van der Waals surface area contributed by atoms with Crippen LogP contribution in [0.5, 0.6) is 0 Å². The first-order chi connectivity index (χ1) is 11.7. The Morgan fingerprint density at radius 3 is 2.88 bits per heavy atom. The number of anilines is 3. The summed E-state index contributed by atoms with van der Waals surface area (Å²) in [5.74, 6) is 0.242. The zero-order valence-electron chi connectivity index (χ0n) is 12.8. The Balaban J connectivity index is 1.64. The summed E-state index contributed by atoms with van der Waals surface area (Å²) in [6.07, 6.45) is 3.96. The topological polar surface area (TPSA) is 84.2 Å². The van der Waals surface area contributed by atoms with Crippen LogP contribution in [0.3, 0.4) is 0 Å². The predicted octanol–water partition coefficient (Wildman–Crippen LogP) is 3.94. The average molecular weight is 341 g/mol. The van der Waals surface area contributed by atoms with Gasteiger partial charge in [-0.25, -0.2) is 9.97 Å². The average Bonchev–Trinajstić information content (AvgIpc) is 3.24. The van der Waals surface area contributed by atoms with E-state index in [0.717, 1.165) is 34.1 Å². The van der Waals surface area contributed by atoms with Gasteiger partial charge in [-0.15, -0.1) is 0 Å². The first kappa shape index (κ1) is 14.8. The van der Waals surface area contributed by atoms with Gasteiger partial charge in [-0.05, 0) is 37.1 Å². The first-order valence-corrected chi connectivity index (χ1v) is 8.54. The highest BCUT2D eigenvalue weighted by Crippen LogP contribution is 2.33. The minimum atomic E-state index is -0.438. The molecule has 0 spiro atoms. The maximum absolute atomic E-state index is 11.1. The van der Waals surface area contributed by atoms with Crippen molar-refractivity contribution in [2.24, 2.45) is 0 Å². The summed E-state index contributed by atoms with van der Waals surface area (Å²) in [6, 6.07) is 8.76. The molecule has 0 unspecified atom stereocenters. The summed E-state index contributed by atoms with van der Waals surface area (Å²) in [4.78, 5) is 21.7. The molecule has 4 rings (SSSR count). The number of fused-ring (bicyclic) bond motifs is 1. The normalized spacial score (nSPS) is 14.2. The second kappa shape index (κ2) is 6.04. The van der Waals surface area contributed by atoms with Gasteiger partial charge < -0.3 is 10.2 Å². The van der Waals surface area contributed by atoms with Crippen molar-refractivity contribution in [3.63, 3.8) is 0 Å². The number of pyridine rings is 1. The number of aromatic nitrogens is 2. The van der Waals surface area contributed by atoms with E-state index >= 15 is 0 Å². The van der Waals surface area contributed by atoms with E-state index in [9.17, 15) is 10.1 Å². The van der Waals surface area contributed by atoms with Crippen molar-refractivity contribution in [1.29, 1.82) is 0 Å². The van der Waals surface area contributed by atoms with Crippen molar-refractivity contribution < 1.29 is 4.92 Å². The van der Waals surface area contributed by atoms with Crippen LogP contribution in [0.25, 0.3) is 10.2 Å². The highest BCUT2D eigenvalue weighted by atomic mass is 32.1. The number of hydrogen-bond acceptors (Lipinski definition) is 7. The van der Waals surface area contributed by atoms with E-state index in [1.165, 1.54) is 25.1 Å². The molecule has 0 bridgehead atoms. The van der Waals surface area contributed by atoms with Gasteiger partial charge in [0.1, 0.15) is 0 Å². The van der Waals surface area contributed by atoms with E-state index in [-0.39, 0.29) is 11.5 Å². The second-order valence-electron chi connectivity index (χ2n) is 5.63. The van der Waals surface area contributed by atoms with Gasteiger partial charge in [-0.1, -0.05) is 11.3 Å². The predicted molar refractivity (Wildman–Crippen MR) is 95.2 cm³/mol.